The average Bonchev–Trinajstić information content (AvgIpc) is 3.08. The number of hydrogen-bond donors (Lipinski definition) is 0. The molecule has 3 aromatic rings. The molecule has 0 spiro atoms. The van der Waals surface area contributed by atoms with Gasteiger partial charge in [0.15, 0.2) is 11.5 Å². The number of azo groups is 1. The first-order chi connectivity index (χ1) is 22.3. The Kier molecular flexibility index (Phi) is 16.1. The van der Waals surface area contributed by atoms with Gasteiger partial charge in [-0.1, -0.05) is 45.1 Å². The maximum absolute atomic E-state index is 5.99. The smallest absolute Gasteiger partial charge is 0.161 e. The van der Waals surface area contributed by atoms with Crippen LogP contribution < -0.4 is 18.9 Å². The molecule has 0 fully saturated rings. The Hall–Kier alpha value is -3.66. The van der Waals surface area contributed by atoms with Crippen molar-refractivity contribution in [3.63, 3.8) is 0 Å². The van der Waals surface area contributed by atoms with E-state index in [2.05, 4.69) is 17.2 Å². The van der Waals surface area contributed by atoms with Gasteiger partial charge in [-0.05, 0) is 72.6 Å². The van der Waals surface area contributed by atoms with Gasteiger partial charge in [0.25, 0.3) is 0 Å². The summed E-state index contributed by atoms with van der Waals surface area (Å²) < 4.78 is 40.3. The van der Waals surface area contributed by atoms with Crippen LogP contribution in [-0.4, -0.2) is 66.1 Å². The summed E-state index contributed by atoms with van der Waals surface area (Å²) in [6, 6.07) is 21.3. The predicted octanol–water partition coefficient (Wildman–Crippen LogP) is 8.28. The highest BCUT2D eigenvalue weighted by Crippen LogP contribution is 2.29. The molecule has 0 amide bonds. The van der Waals surface area contributed by atoms with Crippen LogP contribution in [-0.2, 0) is 20.6 Å². The molecule has 0 saturated heterocycles. The number of benzene rings is 3. The summed E-state index contributed by atoms with van der Waals surface area (Å²) >= 11 is 0. The largest absolute Gasteiger partial charge is 0.494 e. The van der Waals surface area contributed by atoms with Crippen LogP contribution in [0.3, 0.4) is 0 Å². The maximum atomic E-state index is 5.99. The highest BCUT2D eigenvalue weighted by atomic mass is 16.6. The lowest BCUT2D eigenvalue weighted by Gasteiger charge is -2.14. The number of hydrogen-bond acceptors (Lipinski definition) is 9. The molecule has 45 heavy (non-hydrogen) atoms. The van der Waals surface area contributed by atoms with Crippen LogP contribution >= 0.6 is 0 Å². The molecule has 1 aliphatic rings. The SMILES string of the molecule is CCCCCCCCOc1ccc(N=Nc2ccc(OCCc3ccc4c(c3)OCCOCCOCCOCCO4)cc2)cc1. The lowest BCUT2D eigenvalue weighted by Crippen LogP contribution is -2.13. The lowest BCUT2D eigenvalue weighted by atomic mass is 10.1. The predicted molar refractivity (Wildman–Crippen MR) is 175 cm³/mol. The molecule has 3 aromatic carbocycles. The first-order valence-electron chi connectivity index (χ1n) is 16.3. The molecule has 1 heterocycles. The van der Waals surface area contributed by atoms with Crippen molar-refractivity contribution in [3.05, 3.63) is 72.3 Å². The van der Waals surface area contributed by atoms with Gasteiger partial charge in [0.2, 0.25) is 0 Å². The highest BCUT2D eigenvalue weighted by Gasteiger charge is 2.09. The fraction of sp³-hybridized carbons (Fsp3) is 0.500. The summed E-state index contributed by atoms with van der Waals surface area (Å²) in [5.74, 6) is 3.01. The molecular weight excluding hydrogens is 572 g/mol. The van der Waals surface area contributed by atoms with Crippen molar-refractivity contribution in [2.45, 2.75) is 51.9 Å². The third-order valence-corrected chi connectivity index (χ3v) is 7.10. The second-order valence-electron chi connectivity index (χ2n) is 10.7. The van der Waals surface area contributed by atoms with E-state index >= 15 is 0 Å². The van der Waals surface area contributed by atoms with E-state index in [9.17, 15) is 0 Å². The second kappa shape index (κ2) is 21.1. The van der Waals surface area contributed by atoms with E-state index in [4.69, 9.17) is 33.2 Å². The molecule has 9 nitrogen and oxygen atoms in total. The van der Waals surface area contributed by atoms with Crippen molar-refractivity contribution < 1.29 is 33.2 Å². The zero-order valence-electron chi connectivity index (χ0n) is 26.6. The first kappa shape index (κ1) is 34.2. The van der Waals surface area contributed by atoms with Gasteiger partial charge < -0.3 is 33.2 Å². The quantitative estimate of drug-likeness (QED) is 0.132. The van der Waals surface area contributed by atoms with Crippen molar-refractivity contribution >= 4 is 11.4 Å². The summed E-state index contributed by atoms with van der Waals surface area (Å²) in [7, 11) is 0. The van der Waals surface area contributed by atoms with E-state index in [0.29, 0.717) is 77.4 Å². The van der Waals surface area contributed by atoms with Crippen LogP contribution in [0.5, 0.6) is 23.0 Å². The van der Waals surface area contributed by atoms with E-state index in [1.54, 1.807) is 0 Å². The Morgan fingerprint density at radius 2 is 1.04 bits per heavy atom. The van der Waals surface area contributed by atoms with Crippen LogP contribution in [0.4, 0.5) is 11.4 Å². The second-order valence-corrected chi connectivity index (χ2v) is 10.7. The molecule has 9 heteroatoms. The van der Waals surface area contributed by atoms with Crippen LogP contribution in [0.25, 0.3) is 0 Å². The standard InChI is InChI=1S/C36H48N2O7/c1-2-3-4-5-6-7-19-42-33-13-9-31(10-14-33)37-38-32-11-15-34(16-12-32)43-20-18-30-8-17-35-36(29-30)45-28-26-41-24-22-39-21-23-40-25-27-44-35/h8-17,29H,2-7,18-28H2,1H3. The number of nitrogens with zero attached hydrogens (tertiary/aromatic N) is 2. The maximum Gasteiger partial charge on any atom is 0.161 e. The normalized spacial score (nSPS) is 14.9. The summed E-state index contributed by atoms with van der Waals surface area (Å²) in [5, 5.41) is 8.71. The van der Waals surface area contributed by atoms with Gasteiger partial charge in [0, 0.05) is 6.42 Å². The Labute approximate surface area is 267 Å². The zero-order chi connectivity index (χ0) is 31.2. The molecule has 244 valence electrons. The van der Waals surface area contributed by atoms with Crippen LogP contribution in [0.2, 0.25) is 0 Å². The summed E-state index contributed by atoms with van der Waals surface area (Å²) in [5.41, 5.74) is 2.62. The number of ether oxygens (including phenoxy) is 7. The van der Waals surface area contributed by atoms with Gasteiger partial charge in [0.1, 0.15) is 24.7 Å². The molecule has 4 rings (SSSR count). The van der Waals surface area contributed by atoms with E-state index in [1.807, 2.05) is 66.7 Å². The molecule has 0 atom stereocenters. The minimum atomic E-state index is 0.426. The minimum Gasteiger partial charge on any atom is -0.494 e. The summed E-state index contributed by atoms with van der Waals surface area (Å²) in [6.45, 7) is 7.47. The monoisotopic (exact) mass is 620 g/mol. The van der Waals surface area contributed by atoms with Crippen LogP contribution in [0.1, 0.15) is 51.0 Å². The molecule has 0 N–H and O–H groups in total. The third kappa shape index (κ3) is 13.9. The summed E-state index contributed by atoms with van der Waals surface area (Å²) in [6.07, 6.45) is 8.23. The van der Waals surface area contributed by atoms with Gasteiger partial charge in [0.05, 0.1) is 64.2 Å². The minimum absolute atomic E-state index is 0.426. The Morgan fingerprint density at radius 1 is 0.533 bits per heavy atom. The molecule has 1 aliphatic heterocycles. The van der Waals surface area contributed by atoms with Crippen molar-refractivity contribution in [1.82, 2.24) is 0 Å². The van der Waals surface area contributed by atoms with E-state index in [-0.39, 0.29) is 0 Å². The fourth-order valence-electron chi connectivity index (χ4n) is 4.60. The topological polar surface area (TPSA) is 89.3 Å². The molecule has 0 unspecified atom stereocenters. The van der Waals surface area contributed by atoms with Crippen LogP contribution in [0, 0.1) is 0 Å². The van der Waals surface area contributed by atoms with E-state index in [0.717, 1.165) is 41.5 Å². The molecule has 0 saturated carbocycles. The molecule has 0 aliphatic carbocycles. The van der Waals surface area contributed by atoms with Crippen molar-refractivity contribution in [1.29, 1.82) is 0 Å². The van der Waals surface area contributed by atoms with Crippen LogP contribution in [0.15, 0.2) is 77.0 Å². The fourth-order valence-corrected chi connectivity index (χ4v) is 4.60. The van der Waals surface area contributed by atoms with Crippen molar-refractivity contribution in [3.8, 4) is 23.0 Å². The Morgan fingerprint density at radius 3 is 1.64 bits per heavy atom. The average molecular weight is 621 g/mol. The molecular formula is C36H48N2O7. The Bertz CT molecular complexity index is 1240. The van der Waals surface area contributed by atoms with E-state index < -0.39 is 0 Å². The van der Waals surface area contributed by atoms with Gasteiger partial charge >= 0.3 is 0 Å². The third-order valence-electron chi connectivity index (χ3n) is 7.10. The molecule has 0 radical (unpaired) electrons. The molecule has 0 aromatic heterocycles. The van der Waals surface area contributed by atoms with Crippen molar-refractivity contribution in [2.24, 2.45) is 10.2 Å². The number of rotatable bonds is 14. The lowest BCUT2D eigenvalue weighted by molar-refractivity contribution is 0.00708. The summed E-state index contributed by atoms with van der Waals surface area (Å²) in [4.78, 5) is 0. The van der Waals surface area contributed by atoms with E-state index in [1.165, 1.54) is 32.1 Å². The zero-order valence-corrected chi connectivity index (χ0v) is 26.6. The Balaban J connectivity index is 1.19. The first-order valence-corrected chi connectivity index (χ1v) is 16.3. The number of fused-ring (bicyclic) bond motifs is 1. The highest BCUT2D eigenvalue weighted by molar-refractivity contribution is 5.45. The van der Waals surface area contributed by atoms with Crippen molar-refractivity contribution in [2.75, 3.05) is 66.1 Å². The van der Waals surface area contributed by atoms with Gasteiger partial charge in [-0.2, -0.15) is 10.2 Å². The number of unbranched alkanes of at least 4 members (excludes halogenated alkanes) is 5. The van der Waals surface area contributed by atoms with Gasteiger partial charge in [-0.15, -0.1) is 0 Å². The van der Waals surface area contributed by atoms with Gasteiger partial charge in [-0.25, -0.2) is 0 Å². The molecule has 0 bridgehead atoms. The van der Waals surface area contributed by atoms with Gasteiger partial charge in [-0.3, -0.25) is 0 Å².